The molecule has 1 fully saturated rings. The summed E-state index contributed by atoms with van der Waals surface area (Å²) in [6, 6.07) is 2.46. The summed E-state index contributed by atoms with van der Waals surface area (Å²) >= 11 is 1.66. The molecule has 0 saturated heterocycles. The number of aromatic nitrogens is 2. The molecule has 1 saturated carbocycles. The fourth-order valence-corrected chi connectivity index (χ4v) is 3.98. The van der Waals surface area contributed by atoms with Crippen LogP contribution in [0.3, 0.4) is 0 Å². The number of nitrogens with zero attached hydrogens (tertiary/aromatic N) is 2. The fraction of sp³-hybridized carbons (Fsp3) is 0.588. The molecular weight excluding hydrogens is 308 g/mol. The average molecular weight is 332 g/mol. The number of thiophene rings is 1. The van der Waals surface area contributed by atoms with E-state index in [9.17, 15) is 4.79 Å². The van der Waals surface area contributed by atoms with Crippen LogP contribution in [-0.4, -0.2) is 28.5 Å². The first-order chi connectivity index (χ1) is 11.2. The number of rotatable bonds is 5. The van der Waals surface area contributed by atoms with E-state index in [1.54, 1.807) is 17.7 Å². The van der Waals surface area contributed by atoms with Crippen LogP contribution < -0.4 is 10.6 Å². The van der Waals surface area contributed by atoms with Crippen LogP contribution in [-0.2, 0) is 4.79 Å². The Kier molecular flexibility index (Phi) is 5.43. The zero-order valence-electron chi connectivity index (χ0n) is 13.6. The number of nitrogens with one attached hydrogen (secondary N) is 2. The minimum Gasteiger partial charge on any atom is -0.369 e. The Morgan fingerprint density at radius 1 is 1.26 bits per heavy atom. The molecule has 6 heteroatoms. The molecule has 3 rings (SSSR count). The van der Waals surface area contributed by atoms with Gasteiger partial charge in [-0.05, 0) is 25.8 Å². The van der Waals surface area contributed by atoms with Gasteiger partial charge in [-0.15, -0.1) is 11.3 Å². The maximum atomic E-state index is 12.1. The minimum atomic E-state index is 0.135. The summed E-state index contributed by atoms with van der Waals surface area (Å²) in [5.41, 5.74) is 0. The first kappa shape index (κ1) is 16.2. The highest BCUT2D eigenvalue weighted by atomic mass is 32.1. The van der Waals surface area contributed by atoms with E-state index in [0.717, 1.165) is 28.9 Å². The lowest BCUT2D eigenvalue weighted by atomic mass is 10.1. The van der Waals surface area contributed by atoms with Gasteiger partial charge in [0.2, 0.25) is 5.91 Å². The van der Waals surface area contributed by atoms with Crippen molar-refractivity contribution in [2.24, 2.45) is 0 Å². The average Bonchev–Trinajstić information content (AvgIpc) is 2.74. The van der Waals surface area contributed by atoms with Crippen molar-refractivity contribution in [3.8, 4) is 0 Å². The van der Waals surface area contributed by atoms with Crippen LogP contribution in [0.25, 0.3) is 10.2 Å². The zero-order valence-corrected chi connectivity index (χ0v) is 14.4. The molecule has 0 aliphatic heterocycles. The van der Waals surface area contributed by atoms with Gasteiger partial charge in [0.05, 0.1) is 5.39 Å². The van der Waals surface area contributed by atoms with Gasteiger partial charge in [-0.25, -0.2) is 9.97 Å². The predicted molar refractivity (Wildman–Crippen MR) is 94.9 cm³/mol. The normalized spacial score (nSPS) is 16.2. The SMILES string of the molecule is Cc1cc2c(NCCC(=O)NC3CCCCCC3)ncnc2s1. The number of carbonyl (C=O) groups is 1. The predicted octanol–water partition coefficient (Wildman–Crippen LogP) is 3.64. The molecule has 124 valence electrons. The molecule has 1 aliphatic carbocycles. The summed E-state index contributed by atoms with van der Waals surface area (Å²) in [6.45, 7) is 2.66. The summed E-state index contributed by atoms with van der Waals surface area (Å²) in [5, 5.41) is 7.49. The Morgan fingerprint density at radius 2 is 2.04 bits per heavy atom. The lowest BCUT2D eigenvalue weighted by molar-refractivity contribution is -0.121. The molecule has 2 heterocycles. The molecule has 2 aromatic rings. The van der Waals surface area contributed by atoms with Crippen LogP contribution in [0, 0.1) is 6.92 Å². The van der Waals surface area contributed by atoms with Gasteiger partial charge in [-0.3, -0.25) is 4.79 Å². The molecule has 5 nitrogen and oxygen atoms in total. The third kappa shape index (κ3) is 4.41. The molecule has 2 N–H and O–H groups in total. The van der Waals surface area contributed by atoms with Crippen molar-refractivity contribution in [1.29, 1.82) is 0 Å². The monoisotopic (exact) mass is 332 g/mol. The van der Waals surface area contributed by atoms with E-state index in [1.807, 2.05) is 0 Å². The standard InChI is InChI=1S/C17H24N4OS/c1-12-10-14-16(19-11-20-17(14)23-12)18-9-8-15(22)21-13-6-4-2-3-5-7-13/h10-11,13H,2-9H2,1H3,(H,21,22)(H,18,19,20). The van der Waals surface area contributed by atoms with Crippen molar-refractivity contribution >= 4 is 33.3 Å². The van der Waals surface area contributed by atoms with E-state index in [1.165, 1.54) is 30.6 Å². The molecule has 0 radical (unpaired) electrons. The van der Waals surface area contributed by atoms with Gasteiger partial charge in [0.25, 0.3) is 0 Å². The van der Waals surface area contributed by atoms with Gasteiger partial charge >= 0.3 is 0 Å². The van der Waals surface area contributed by atoms with E-state index in [2.05, 4.69) is 33.6 Å². The number of fused-ring (bicyclic) bond motifs is 1. The lowest BCUT2D eigenvalue weighted by Crippen LogP contribution is -2.35. The van der Waals surface area contributed by atoms with E-state index in [0.29, 0.717) is 19.0 Å². The van der Waals surface area contributed by atoms with Gasteiger partial charge in [-0.2, -0.15) is 0 Å². The van der Waals surface area contributed by atoms with Crippen molar-refractivity contribution in [2.75, 3.05) is 11.9 Å². The molecule has 23 heavy (non-hydrogen) atoms. The molecule has 2 aromatic heterocycles. The van der Waals surface area contributed by atoms with E-state index >= 15 is 0 Å². The molecule has 1 amide bonds. The zero-order chi connectivity index (χ0) is 16.1. The van der Waals surface area contributed by atoms with Crippen LogP contribution in [0.1, 0.15) is 49.8 Å². The summed E-state index contributed by atoms with van der Waals surface area (Å²) in [5.74, 6) is 0.956. The fourth-order valence-electron chi connectivity index (χ4n) is 3.13. The number of hydrogen-bond donors (Lipinski definition) is 2. The number of carbonyl (C=O) groups excluding carboxylic acids is 1. The van der Waals surface area contributed by atoms with E-state index < -0.39 is 0 Å². The molecule has 0 unspecified atom stereocenters. The molecule has 0 atom stereocenters. The second-order valence-corrected chi connectivity index (χ2v) is 7.47. The maximum Gasteiger partial charge on any atom is 0.221 e. The van der Waals surface area contributed by atoms with Gasteiger partial charge < -0.3 is 10.6 Å². The second-order valence-electron chi connectivity index (χ2n) is 6.23. The van der Waals surface area contributed by atoms with Crippen molar-refractivity contribution in [1.82, 2.24) is 15.3 Å². The van der Waals surface area contributed by atoms with Crippen LogP contribution in [0.15, 0.2) is 12.4 Å². The highest BCUT2D eigenvalue weighted by molar-refractivity contribution is 7.18. The summed E-state index contributed by atoms with van der Waals surface area (Å²) < 4.78 is 0. The van der Waals surface area contributed by atoms with Crippen LogP contribution >= 0.6 is 11.3 Å². The summed E-state index contributed by atoms with van der Waals surface area (Å²) in [7, 11) is 0. The van der Waals surface area contributed by atoms with Crippen molar-refractivity contribution in [3.05, 3.63) is 17.3 Å². The largest absolute Gasteiger partial charge is 0.369 e. The van der Waals surface area contributed by atoms with Crippen LogP contribution in [0.2, 0.25) is 0 Å². The number of amides is 1. The number of hydrogen-bond acceptors (Lipinski definition) is 5. The summed E-state index contributed by atoms with van der Waals surface area (Å²) in [4.78, 5) is 22.9. The highest BCUT2D eigenvalue weighted by Crippen LogP contribution is 2.27. The van der Waals surface area contributed by atoms with E-state index in [4.69, 9.17) is 0 Å². The first-order valence-electron chi connectivity index (χ1n) is 8.47. The molecule has 0 aromatic carbocycles. The Labute approximate surface area is 140 Å². The van der Waals surface area contributed by atoms with Gasteiger partial charge in [0.1, 0.15) is 17.0 Å². The maximum absolute atomic E-state index is 12.1. The third-order valence-corrected chi connectivity index (χ3v) is 5.28. The highest BCUT2D eigenvalue weighted by Gasteiger charge is 2.14. The van der Waals surface area contributed by atoms with Crippen molar-refractivity contribution < 1.29 is 4.79 Å². The summed E-state index contributed by atoms with van der Waals surface area (Å²) in [6.07, 6.45) is 9.38. The second kappa shape index (κ2) is 7.73. The Balaban J connectivity index is 1.49. The van der Waals surface area contributed by atoms with E-state index in [-0.39, 0.29) is 5.91 Å². The third-order valence-electron chi connectivity index (χ3n) is 4.32. The molecule has 0 spiro atoms. The lowest BCUT2D eigenvalue weighted by Gasteiger charge is -2.16. The molecule has 0 bridgehead atoms. The Morgan fingerprint density at radius 3 is 2.83 bits per heavy atom. The Bertz CT molecular complexity index is 662. The van der Waals surface area contributed by atoms with Crippen molar-refractivity contribution in [3.63, 3.8) is 0 Å². The number of aryl methyl sites for hydroxylation is 1. The quantitative estimate of drug-likeness (QED) is 0.820. The van der Waals surface area contributed by atoms with Gasteiger partial charge in [0.15, 0.2) is 0 Å². The Hall–Kier alpha value is -1.69. The molecular formula is C17H24N4OS. The van der Waals surface area contributed by atoms with Crippen LogP contribution in [0.4, 0.5) is 5.82 Å². The minimum absolute atomic E-state index is 0.135. The van der Waals surface area contributed by atoms with Gasteiger partial charge in [-0.1, -0.05) is 25.7 Å². The number of anilines is 1. The smallest absolute Gasteiger partial charge is 0.221 e. The first-order valence-corrected chi connectivity index (χ1v) is 9.28. The van der Waals surface area contributed by atoms with Gasteiger partial charge in [0, 0.05) is 23.9 Å². The van der Waals surface area contributed by atoms with Crippen LogP contribution in [0.5, 0.6) is 0 Å². The molecule has 1 aliphatic rings. The topological polar surface area (TPSA) is 66.9 Å². The van der Waals surface area contributed by atoms with Crippen molar-refractivity contribution in [2.45, 2.75) is 57.9 Å².